The van der Waals surface area contributed by atoms with Crippen LogP contribution in [0.25, 0.3) is 0 Å². The summed E-state index contributed by atoms with van der Waals surface area (Å²) in [4.78, 5) is 0. The second kappa shape index (κ2) is 11.8. The van der Waals surface area contributed by atoms with Crippen molar-refractivity contribution < 1.29 is 0 Å². The highest BCUT2D eigenvalue weighted by molar-refractivity contribution is 7.96. The molecule has 4 heteroatoms. The molecule has 0 aliphatic rings. The van der Waals surface area contributed by atoms with Crippen molar-refractivity contribution >= 4 is 10.9 Å². The van der Waals surface area contributed by atoms with Gasteiger partial charge in [0.15, 0.2) is 0 Å². The van der Waals surface area contributed by atoms with Crippen LogP contribution in [-0.2, 0) is 10.9 Å². The van der Waals surface area contributed by atoms with Crippen LogP contribution in [0, 0.1) is 39.9 Å². The number of nitriles is 3. The van der Waals surface area contributed by atoms with E-state index in [1.54, 1.807) is 0 Å². The fraction of sp³-hybridized carbons (Fsp3) is 0.700. The lowest BCUT2D eigenvalue weighted by atomic mass is 10.2. The Balaban J connectivity index is 0. The van der Waals surface area contributed by atoms with E-state index in [4.69, 9.17) is 15.8 Å². The minimum absolute atomic E-state index is 0.755. The fourth-order valence-corrected chi connectivity index (χ4v) is 1.92. The number of hydrogen-bond acceptors (Lipinski definition) is 3. The normalized spacial score (nSPS) is 8.14. The van der Waals surface area contributed by atoms with Gasteiger partial charge in [0.1, 0.15) is 17.3 Å². The van der Waals surface area contributed by atoms with Gasteiger partial charge in [0.25, 0.3) is 0 Å². The van der Waals surface area contributed by atoms with Gasteiger partial charge in [-0.2, -0.15) is 15.8 Å². The SMILES string of the molecule is CC[S+](CC)CC.N#CC(C#N)C#N. The molecule has 0 amide bonds. The van der Waals surface area contributed by atoms with Crippen molar-refractivity contribution in [3.8, 4) is 18.2 Å². The van der Waals surface area contributed by atoms with Crippen LogP contribution in [0.4, 0.5) is 0 Å². The number of rotatable bonds is 3. The molecule has 0 atom stereocenters. The predicted molar refractivity (Wildman–Crippen MR) is 59.3 cm³/mol. The van der Waals surface area contributed by atoms with Gasteiger partial charge in [0.2, 0.25) is 5.92 Å². The van der Waals surface area contributed by atoms with Crippen LogP contribution >= 0.6 is 0 Å². The van der Waals surface area contributed by atoms with Gasteiger partial charge in [-0.15, -0.1) is 0 Å². The Labute approximate surface area is 89.3 Å². The zero-order chi connectivity index (χ0) is 11.4. The molecule has 14 heavy (non-hydrogen) atoms. The molecule has 0 N–H and O–H groups in total. The minimum atomic E-state index is -1.10. The Bertz CT molecular complexity index is 201. The van der Waals surface area contributed by atoms with E-state index in [0.717, 1.165) is 10.9 Å². The van der Waals surface area contributed by atoms with Gasteiger partial charge in [-0.25, -0.2) is 0 Å². The predicted octanol–water partition coefficient (Wildman–Crippen LogP) is 1.84. The molecule has 0 heterocycles. The maximum atomic E-state index is 7.83. The highest BCUT2D eigenvalue weighted by Gasteiger charge is 2.05. The second-order valence-corrected chi connectivity index (χ2v) is 5.26. The van der Waals surface area contributed by atoms with E-state index < -0.39 is 5.92 Å². The molecule has 0 aromatic heterocycles. The average molecular weight is 210 g/mol. The van der Waals surface area contributed by atoms with Crippen molar-refractivity contribution in [2.24, 2.45) is 5.92 Å². The van der Waals surface area contributed by atoms with Crippen LogP contribution < -0.4 is 0 Å². The van der Waals surface area contributed by atoms with E-state index in [9.17, 15) is 0 Å². The molecular formula is C10H16N3S+. The molecule has 0 aliphatic heterocycles. The molecule has 0 aromatic carbocycles. The van der Waals surface area contributed by atoms with Gasteiger partial charge >= 0.3 is 0 Å². The Morgan fingerprint density at radius 1 is 0.857 bits per heavy atom. The highest BCUT2D eigenvalue weighted by atomic mass is 32.2. The van der Waals surface area contributed by atoms with Crippen molar-refractivity contribution in [2.75, 3.05) is 17.3 Å². The molecule has 0 aromatic rings. The van der Waals surface area contributed by atoms with Crippen LogP contribution in [0.3, 0.4) is 0 Å². The first-order chi connectivity index (χ1) is 6.69. The van der Waals surface area contributed by atoms with Crippen LogP contribution in [0.2, 0.25) is 0 Å². The fourth-order valence-electron chi connectivity index (χ4n) is 0.699. The Morgan fingerprint density at radius 3 is 1.14 bits per heavy atom. The zero-order valence-electron chi connectivity index (χ0n) is 8.95. The Morgan fingerprint density at radius 2 is 1.14 bits per heavy atom. The van der Waals surface area contributed by atoms with E-state index >= 15 is 0 Å². The summed E-state index contributed by atoms with van der Waals surface area (Å²) in [6, 6.07) is 4.44. The van der Waals surface area contributed by atoms with Gasteiger partial charge in [0.05, 0.1) is 18.2 Å². The quantitative estimate of drug-likeness (QED) is 0.667. The van der Waals surface area contributed by atoms with Gasteiger partial charge in [-0.1, -0.05) is 0 Å². The van der Waals surface area contributed by atoms with Gasteiger partial charge in [-0.3, -0.25) is 0 Å². The van der Waals surface area contributed by atoms with Crippen LogP contribution in [0.15, 0.2) is 0 Å². The second-order valence-electron chi connectivity index (χ2n) is 2.30. The first-order valence-corrected chi connectivity index (χ1v) is 6.26. The first kappa shape index (κ1) is 15.3. The summed E-state index contributed by atoms with van der Waals surface area (Å²) in [6.07, 6.45) is 0. The highest BCUT2D eigenvalue weighted by Crippen LogP contribution is 1.92. The average Bonchev–Trinajstić information content (AvgIpc) is 2.24. The molecule has 0 radical (unpaired) electrons. The van der Waals surface area contributed by atoms with E-state index in [-0.39, 0.29) is 0 Å². The molecule has 0 saturated carbocycles. The van der Waals surface area contributed by atoms with Crippen molar-refractivity contribution in [3.63, 3.8) is 0 Å². The van der Waals surface area contributed by atoms with Crippen molar-refractivity contribution in [1.82, 2.24) is 0 Å². The number of nitrogens with zero attached hydrogens (tertiary/aromatic N) is 3. The topological polar surface area (TPSA) is 71.4 Å². The molecule has 0 rings (SSSR count). The lowest BCUT2D eigenvalue weighted by molar-refractivity contribution is 1.10. The summed E-state index contributed by atoms with van der Waals surface area (Å²) in [5, 5.41) is 23.5. The molecule has 0 fully saturated rings. The van der Waals surface area contributed by atoms with E-state index in [0.29, 0.717) is 0 Å². The molecule has 76 valence electrons. The number of hydrogen-bond donors (Lipinski definition) is 0. The lowest BCUT2D eigenvalue weighted by Gasteiger charge is -1.96. The summed E-state index contributed by atoms with van der Waals surface area (Å²) in [6.45, 7) is 6.82. The molecule has 3 nitrogen and oxygen atoms in total. The maximum absolute atomic E-state index is 7.83. The third-order valence-electron chi connectivity index (χ3n) is 1.61. The Kier molecular flexibility index (Phi) is 12.9. The van der Waals surface area contributed by atoms with Crippen molar-refractivity contribution in [2.45, 2.75) is 20.8 Å². The van der Waals surface area contributed by atoms with Crippen LogP contribution in [-0.4, -0.2) is 17.3 Å². The van der Waals surface area contributed by atoms with E-state index in [1.807, 2.05) is 0 Å². The summed E-state index contributed by atoms with van der Waals surface area (Å²) >= 11 is 0. The summed E-state index contributed by atoms with van der Waals surface area (Å²) < 4.78 is 0. The van der Waals surface area contributed by atoms with Gasteiger partial charge < -0.3 is 0 Å². The van der Waals surface area contributed by atoms with Crippen molar-refractivity contribution in [1.29, 1.82) is 15.8 Å². The summed E-state index contributed by atoms with van der Waals surface area (Å²) in [7, 11) is 0.755. The molecule has 0 saturated heterocycles. The third kappa shape index (κ3) is 8.91. The largest absolute Gasteiger partial charge is 0.218 e. The zero-order valence-corrected chi connectivity index (χ0v) is 9.77. The molecule has 0 aliphatic carbocycles. The standard InChI is InChI=1S/C6H15S.C4HN3/c1-4-7(5-2)6-3;5-1-4(2-6)3-7/h4-6H2,1-3H3;4H/q+1;. The Hall–Kier alpha value is -1.18. The molecule has 0 unspecified atom stereocenters. The first-order valence-electron chi connectivity index (χ1n) is 4.52. The third-order valence-corrected chi connectivity index (χ3v) is 4.06. The van der Waals surface area contributed by atoms with Gasteiger partial charge in [-0.05, 0) is 31.7 Å². The molecule has 0 spiro atoms. The van der Waals surface area contributed by atoms with Crippen LogP contribution in [0.5, 0.6) is 0 Å². The summed E-state index contributed by atoms with van der Waals surface area (Å²) in [5.41, 5.74) is 0. The van der Waals surface area contributed by atoms with E-state index in [2.05, 4.69) is 20.8 Å². The monoisotopic (exact) mass is 210 g/mol. The molecular weight excluding hydrogens is 194 g/mol. The maximum Gasteiger partial charge on any atom is 0.218 e. The van der Waals surface area contributed by atoms with Gasteiger partial charge in [0, 0.05) is 0 Å². The van der Waals surface area contributed by atoms with E-state index in [1.165, 1.54) is 35.5 Å². The molecule has 0 bridgehead atoms. The van der Waals surface area contributed by atoms with Crippen molar-refractivity contribution in [3.05, 3.63) is 0 Å². The summed E-state index contributed by atoms with van der Waals surface area (Å²) in [5.74, 6) is 3.05. The lowest BCUT2D eigenvalue weighted by Crippen LogP contribution is -2.09. The minimum Gasteiger partial charge on any atom is -0.196 e. The smallest absolute Gasteiger partial charge is 0.196 e. The van der Waals surface area contributed by atoms with Crippen LogP contribution in [0.1, 0.15) is 20.8 Å².